The molecule has 28 heavy (non-hydrogen) atoms. The van der Waals surface area contributed by atoms with Gasteiger partial charge in [-0.25, -0.2) is 0 Å². The highest BCUT2D eigenvalue weighted by Crippen LogP contribution is 2.24. The van der Waals surface area contributed by atoms with E-state index in [2.05, 4.69) is 15.5 Å². The van der Waals surface area contributed by atoms with Gasteiger partial charge in [-0.3, -0.25) is 4.79 Å². The van der Waals surface area contributed by atoms with Crippen molar-refractivity contribution in [1.29, 1.82) is 0 Å². The molecular weight excluding hydrogens is 396 g/mol. The van der Waals surface area contributed by atoms with Crippen molar-refractivity contribution < 1.29 is 9.53 Å². The second-order valence-corrected chi connectivity index (χ2v) is 7.31. The molecule has 1 amide bonds. The van der Waals surface area contributed by atoms with Crippen molar-refractivity contribution >= 4 is 34.8 Å². The number of carbonyl (C=O) groups excluding carboxylic acids is 1. The Balaban J connectivity index is 0.00000280. The number of methoxy groups -OCH3 is 1. The van der Waals surface area contributed by atoms with Crippen molar-refractivity contribution in [3.63, 3.8) is 0 Å². The molecule has 0 aliphatic heterocycles. The minimum Gasteiger partial charge on any atom is -0.497 e. The lowest BCUT2D eigenvalue weighted by Gasteiger charge is -2.18. The van der Waals surface area contributed by atoms with Crippen LogP contribution in [0.5, 0.6) is 5.75 Å². The number of carbonyl (C=O) groups is 1. The fraction of sp³-hybridized carbons (Fsp3) is 0.250. The third-order valence-corrected chi connectivity index (χ3v) is 5.16. The van der Waals surface area contributed by atoms with Crippen LogP contribution in [0.1, 0.15) is 29.1 Å². The number of nitrogens with zero attached hydrogens (tertiary/aromatic N) is 2. The molecule has 1 aromatic heterocycles. The average molecular weight is 419 g/mol. The zero-order valence-corrected chi connectivity index (χ0v) is 17.3. The number of rotatable bonds is 7. The summed E-state index contributed by atoms with van der Waals surface area (Å²) in [7, 11) is 1.64. The molecule has 148 valence electrons. The quantitative estimate of drug-likeness (QED) is 0.608. The van der Waals surface area contributed by atoms with E-state index >= 15 is 0 Å². The lowest BCUT2D eigenvalue weighted by molar-refractivity contribution is -0.120. The molecule has 2 atom stereocenters. The van der Waals surface area contributed by atoms with Crippen LogP contribution >= 0.6 is 23.7 Å². The Morgan fingerprint density at radius 1 is 1.18 bits per heavy atom. The highest BCUT2D eigenvalue weighted by molar-refractivity contribution is 7.15. The van der Waals surface area contributed by atoms with Gasteiger partial charge in [-0.2, -0.15) is 0 Å². The van der Waals surface area contributed by atoms with E-state index in [9.17, 15) is 4.79 Å². The van der Waals surface area contributed by atoms with Crippen LogP contribution in [0, 0.1) is 5.92 Å². The Morgan fingerprint density at radius 3 is 2.64 bits per heavy atom. The second kappa shape index (κ2) is 10.2. The van der Waals surface area contributed by atoms with E-state index in [1.807, 2.05) is 61.5 Å². The summed E-state index contributed by atoms with van der Waals surface area (Å²) < 4.78 is 5.23. The summed E-state index contributed by atoms with van der Waals surface area (Å²) in [6, 6.07) is 17.0. The van der Waals surface area contributed by atoms with Crippen LogP contribution in [0.15, 0.2) is 54.6 Å². The molecular formula is C20H23ClN4O2S. The minimum absolute atomic E-state index is 0. The van der Waals surface area contributed by atoms with Crippen LogP contribution in [0.25, 0.3) is 0 Å². The van der Waals surface area contributed by atoms with Gasteiger partial charge in [0, 0.05) is 12.5 Å². The number of aromatic nitrogens is 2. The van der Waals surface area contributed by atoms with Crippen LogP contribution in [0.2, 0.25) is 0 Å². The van der Waals surface area contributed by atoms with Crippen LogP contribution in [-0.4, -0.2) is 23.2 Å². The molecule has 8 heteroatoms. The molecule has 0 aliphatic carbocycles. The number of anilines is 1. The first-order valence-electron chi connectivity index (χ1n) is 8.63. The number of hydrogen-bond donors (Lipinski definition) is 2. The number of benzene rings is 2. The summed E-state index contributed by atoms with van der Waals surface area (Å²) >= 11 is 1.36. The first kappa shape index (κ1) is 21.8. The Bertz CT molecular complexity index is 904. The zero-order valence-electron chi connectivity index (χ0n) is 15.7. The standard InChI is InChI=1S/C20H22N4O2S.ClH/c1-13(18(21)15-8-4-3-5-9-15)19(25)22-20-24-23-17(27-20)12-14-7-6-10-16(11-14)26-2;/h3-11,13,18H,12,21H2,1-2H3,(H,22,24,25);1H. The van der Waals surface area contributed by atoms with Crippen molar-refractivity contribution in [2.45, 2.75) is 19.4 Å². The van der Waals surface area contributed by atoms with E-state index in [0.717, 1.165) is 21.9 Å². The molecule has 0 bridgehead atoms. The van der Waals surface area contributed by atoms with Crippen LogP contribution in [-0.2, 0) is 11.2 Å². The summed E-state index contributed by atoms with van der Waals surface area (Å²) in [5.41, 5.74) is 8.22. The van der Waals surface area contributed by atoms with Gasteiger partial charge in [-0.15, -0.1) is 22.6 Å². The molecule has 0 saturated carbocycles. The van der Waals surface area contributed by atoms with Gasteiger partial charge in [-0.05, 0) is 23.3 Å². The van der Waals surface area contributed by atoms with Crippen molar-refractivity contribution in [2.24, 2.45) is 11.7 Å². The van der Waals surface area contributed by atoms with E-state index < -0.39 is 5.92 Å². The van der Waals surface area contributed by atoms with E-state index in [1.165, 1.54) is 11.3 Å². The fourth-order valence-electron chi connectivity index (χ4n) is 2.68. The van der Waals surface area contributed by atoms with Gasteiger partial charge in [0.05, 0.1) is 13.0 Å². The van der Waals surface area contributed by atoms with E-state index in [1.54, 1.807) is 7.11 Å². The Hall–Kier alpha value is -2.48. The van der Waals surface area contributed by atoms with Crippen molar-refractivity contribution in [3.05, 3.63) is 70.7 Å². The topological polar surface area (TPSA) is 90.1 Å². The van der Waals surface area contributed by atoms with Crippen molar-refractivity contribution in [3.8, 4) is 5.75 Å². The largest absolute Gasteiger partial charge is 0.497 e. The Labute approximate surface area is 174 Å². The van der Waals surface area contributed by atoms with Gasteiger partial charge < -0.3 is 15.8 Å². The smallest absolute Gasteiger partial charge is 0.230 e. The second-order valence-electron chi connectivity index (χ2n) is 6.24. The normalized spacial score (nSPS) is 12.5. The van der Waals surface area contributed by atoms with Gasteiger partial charge in [0.25, 0.3) is 0 Å². The van der Waals surface area contributed by atoms with Crippen molar-refractivity contribution in [1.82, 2.24) is 10.2 Å². The predicted octanol–water partition coefficient (Wildman–Crippen LogP) is 3.83. The molecule has 6 nitrogen and oxygen atoms in total. The minimum atomic E-state index is -0.391. The van der Waals surface area contributed by atoms with E-state index in [4.69, 9.17) is 10.5 Å². The fourth-order valence-corrected chi connectivity index (χ4v) is 3.46. The molecule has 3 aromatic rings. The van der Waals surface area contributed by atoms with E-state index in [-0.39, 0.29) is 24.4 Å². The number of amides is 1. The molecule has 0 fully saturated rings. The molecule has 0 spiro atoms. The third-order valence-electron chi connectivity index (χ3n) is 4.32. The average Bonchev–Trinajstić information content (AvgIpc) is 3.14. The maximum absolute atomic E-state index is 12.5. The van der Waals surface area contributed by atoms with Crippen LogP contribution < -0.4 is 15.8 Å². The molecule has 3 rings (SSSR count). The molecule has 0 aliphatic rings. The molecule has 3 N–H and O–H groups in total. The molecule has 1 heterocycles. The number of hydrogen-bond acceptors (Lipinski definition) is 6. The third kappa shape index (κ3) is 5.51. The highest BCUT2D eigenvalue weighted by Gasteiger charge is 2.23. The van der Waals surface area contributed by atoms with Crippen LogP contribution in [0.4, 0.5) is 5.13 Å². The van der Waals surface area contributed by atoms with Crippen molar-refractivity contribution in [2.75, 3.05) is 12.4 Å². The Morgan fingerprint density at radius 2 is 1.93 bits per heavy atom. The lowest BCUT2D eigenvalue weighted by Crippen LogP contribution is -2.30. The van der Waals surface area contributed by atoms with Gasteiger partial charge in [0.1, 0.15) is 10.8 Å². The van der Waals surface area contributed by atoms with Gasteiger partial charge in [-0.1, -0.05) is 60.7 Å². The zero-order chi connectivity index (χ0) is 19.2. The number of halogens is 1. The highest BCUT2D eigenvalue weighted by atomic mass is 35.5. The summed E-state index contributed by atoms with van der Waals surface area (Å²) in [5, 5.41) is 12.4. The molecule has 0 radical (unpaired) electrons. The monoisotopic (exact) mass is 418 g/mol. The summed E-state index contributed by atoms with van der Waals surface area (Å²) in [6.45, 7) is 1.81. The van der Waals surface area contributed by atoms with Crippen LogP contribution in [0.3, 0.4) is 0 Å². The molecule has 0 saturated heterocycles. The van der Waals surface area contributed by atoms with E-state index in [0.29, 0.717) is 11.6 Å². The van der Waals surface area contributed by atoms with Gasteiger partial charge in [0.2, 0.25) is 11.0 Å². The summed E-state index contributed by atoms with van der Waals surface area (Å²) in [6.07, 6.45) is 0.629. The first-order valence-corrected chi connectivity index (χ1v) is 9.45. The maximum Gasteiger partial charge on any atom is 0.230 e. The van der Waals surface area contributed by atoms with Gasteiger partial charge >= 0.3 is 0 Å². The number of nitrogens with two attached hydrogens (primary N) is 1. The lowest BCUT2D eigenvalue weighted by atomic mass is 9.95. The molecule has 2 aromatic carbocycles. The number of ether oxygens (including phenoxy) is 1. The SMILES string of the molecule is COc1cccc(Cc2nnc(NC(=O)C(C)C(N)c3ccccc3)s2)c1.Cl. The maximum atomic E-state index is 12.5. The molecule has 2 unspecified atom stereocenters. The predicted molar refractivity (Wildman–Crippen MR) is 114 cm³/mol. The first-order chi connectivity index (χ1) is 13.1. The summed E-state index contributed by atoms with van der Waals surface area (Å²) in [4.78, 5) is 12.5. The summed E-state index contributed by atoms with van der Waals surface area (Å²) in [5.74, 6) is 0.239. The van der Waals surface area contributed by atoms with Gasteiger partial charge in [0.15, 0.2) is 0 Å². The Kier molecular flexibility index (Phi) is 7.92. The number of nitrogens with one attached hydrogen (secondary N) is 1.